The molecule has 4 amide bonds. The molecule has 4 heterocycles. The Labute approximate surface area is 416 Å². The van der Waals surface area contributed by atoms with E-state index in [1.807, 2.05) is 0 Å². The lowest BCUT2D eigenvalue weighted by molar-refractivity contribution is -0.142. The summed E-state index contributed by atoms with van der Waals surface area (Å²) in [4.78, 5) is 120. The third-order valence-corrected chi connectivity index (χ3v) is 8.78. The summed E-state index contributed by atoms with van der Waals surface area (Å²) in [5.41, 5.74) is 17.3. The molecule has 3 aromatic heterocycles. The molecule has 2 atom stereocenters. The first-order valence-corrected chi connectivity index (χ1v) is 22.3. The maximum atomic E-state index is 11.3. The molecule has 0 aromatic carbocycles. The predicted octanol–water partition coefficient (Wildman–Crippen LogP) is -5.31. The van der Waals surface area contributed by atoms with Gasteiger partial charge in [-0.3, -0.25) is 60.4 Å². The number of imidazole rings is 2. The molecule has 1 aliphatic heterocycles. The van der Waals surface area contributed by atoms with Gasteiger partial charge in [0.2, 0.25) is 17.7 Å². The van der Waals surface area contributed by atoms with Gasteiger partial charge in [0.25, 0.3) is 5.91 Å². The molecule has 21 N–H and O–H groups in total. The fraction of sp³-hybridized carbons (Fsp3) is 0.421. The van der Waals surface area contributed by atoms with Crippen LogP contribution in [0.4, 0.5) is 0 Å². The summed E-state index contributed by atoms with van der Waals surface area (Å²) in [5, 5.41) is 66.2. The molecule has 34 nitrogen and oxygen atoms in total. The number of carbonyl (C=O) groups excluding carboxylic acids is 4. The average molecular weight is 1060 g/mol. The van der Waals surface area contributed by atoms with Crippen LogP contribution < -0.4 is 43.6 Å². The number of nitrogens with two attached hydrogens (primary N) is 3. The summed E-state index contributed by atoms with van der Waals surface area (Å²) < 4.78 is 12.0. The van der Waals surface area contributed by atoms with E-state index in [0.717, 1.165) is 15.5 Å². The van der Waals surface area contributed by atoms with Crippen molar-refractivity contribution >= 4 is 73.1 Å². The van der Waals surface area contributed by atoms with Crippen LogP contribution in [0.3, 0.4) is 0 Å². The van der Waals surface area contributed by atoms with E-state index in [4.69, 9.17) is 63.6 Å². The maximum absolute atomic E-state index is 11.3. The van der Waals surface area contributed by atoms with Crippen LogP contribution >= 0.6 is 7.75 Å². The Kier molecular flexibility index (Phi) is 32.3. The molecule has 1 fully saturated rings. The van der Waals surface area contributed by atoms with Crippen LogP contribution in [-0.4, -0.2) is 208 Å². The lowest BCUT2D eigenvalue weighted by atomic mass is 10.1. The van der Waals surface area contributed by atoms with Gasteiger partial charge >= 0.3 is 31.6 Å². The van der Waals surface area contributed by atoms with Gasteiger partial charge in [-0.15, -0.1) is 0 Å². The predicted molar refractivity (Wildman–Crippen MR) is 257 cm³/mol. The van der Waals surface area contributed by atoms with Crippen molar-refractivity contribution in [2.75, 3.05) is 60.9 Å². The number of carboxylic acids is 4. The standard InChI is InChI=1S/C10H16N4O3.C9H14N4O3.C7H8N2O.C4H10N3O5P.C4H9N3O2.C4H7N3O/c1-14-6-12-5-7(14)4-8(10(16)17)13-9(15)2-3-11;10-2-1-8(14)13-7(9(15)16)3-6-4-11-5-12-6;1-8-7(10)6-3-2-4-9-5-6;1-7(2-3(8)9)4(5)6-13(10,11)12;1-7(4(5)6)2-3(8)9;1-7-2-3(8)6-4(7)5/h5-6,8H,2-4,11H2,1H3,(H,13,15)(H,16,17);4-5,7H,1-3,10H2,(H,11,12)(H,13,14)(H,15,16);2-5H,1H3,(H,8,10);2H2,1H3,(H,8,9)(H4,5,6,10,11,12);2H2,1H3,(H3,5,6)(H,8,9);2H2,1H3,(H2,5,6,8)/t8-;7-;;;;/m00..../s1. The van der Waals surface area contributed by atoms with E-state index >= 15 is 0 Å². The second kappa shape index (κ2) is 35.5. The molecule has 0 unspecified atom stereocenters. The Morgan fingerprint density at radius 2 is 1.38 bits per heavy atom. The molecule has 1 saturated heterocycles. The summed E-state index contributed by atoms with van der Waals surface area (Å²) in [5.74, 6) is -5.96. The monoisotopic (exact) mass is 1060 g/mol. The Bertz CT molecular complexity index is 2310. The van der Waals surface area contributed by atoms with Gasteiger partial charge in [0, 0.05) is 110 Å². The van der Waals surface area contributed by atoms with E-state index in [2.05, 4.69) is 41.2 Å². The summed E-state index contributed by atoms with van der Waals surface area (Å²) in [6, 6.07) is 1.53. The zero-order chi connectivity index (χ0) is 56.4. The van der Waals surface area contributed by atoms with E-state index < -0.39 is 56.2 Å². The molecule has 0 spiro atoms. The van der Waals surface area contributed by atoms with Gasteiger partial charge in [-0.2, -0.15) is 0 Å². The first kappa shape index (κ1) is 66.5. The Balaban J connectivity index is 0. The number of nitrogens with zero attached hydrogens (tertiary/aromatic N) is 7. The van der Waals surface area contributed by atoms with Crippen molar-refractivity contribution in [3.63, 3.8) is 0 Å². The number of carboxylic acid groups (broad SMARTS) is 4. The molecule has 0 aliphatic carbocycles. The van der Waals surface area contributed by atoms with Crippen molar-refractivity contribution in [3.8, 4) is 0 Å². The SMILES string of the molecule is CN(CC(=O)O)C(=N)N.CN(CC(=O)O)C(=N)NP(=O)(O)O.CN1CC(=O)NC1=N.CNC(=O)c1cccnc1.Cn1cncc1C[C@H](NC(=O)CCN)C(=O)O.NCCC(=O)N[C@@H](Cc1cnc[nH]1)C(=O)O. The van der Waals surface area contributed by atoms with Crippen LogP contribution in [0.5, 0.6) is 0 Å². The molecule has 406 valence electrons. The van der Waals surface area contributed by atoms with Gasteiger partial charge in [0.15, 0.2) is 17.9 Å². The minimum absolute atomic E-state index is 0.0995. The first-order chi connectivity index (χ1) is 34.0. The smallest absolute Gasteiger partial charge is 0.429 e. The number of carbonyl (C=O) groups is 8. The lowest BCUT2D eigenvalue weighted by Gasteiger charge is -2.18. The zero-order valence-corrected chi connectivity index (χ0v) is 41.2. The summed E-state index contributed by atoms with van der Waals surface area (Å²) in [6.45, 7) is -0.0217. The van der Waals surface area contributed by atoms with E-state index in [-0.39, 0.29) is 80.9 Å². The number of pyridine rings is 1. The highest BCUT2D eigenvalue weighted by atomic mass is 31.2. The molecule has 0 saturated carbocycles. The summed E-state index contributed by atoms with van der Waals surface area (Å²) in [6.07, 6.45) is 9.89. The van der Waals surface area contributed by atoms with Gasteiger partial charge in [-0.1, -0.05) is 0 Å². The van der Waals surface area contributed by atoms with Gasteiger partial charge in [-0.05, 0) is 12.1 Å². The number of aromatic nitrogens is 5. The molecule has 0 bridgehead atoms. The van der Waals surface area contributed by atoms with Gasteiger partial charge in [-0.25, -0.2) is 24.1 Å². The van der Waals surface area contributed by atoms with Crippen molar-refractivity contribution in [3.05, 3.63) is 66.5 Å². The Morgan fingerprint density at radius 1 is 0.849 bits per heavy atom. The first-order valence-electron chi connectivity index (χ1n) is 20.7. The Morgan fingerprint density at radius 3 is 1.71 bits per heavy atom. The van der Waals surface area contributed by atoms with Crippen LogP contribution in [0, 0.1) is 16.2 Å². The van der Waals surface area contributed by atoms with Crippen LogP contribution in [0.25, 0.3) is 0 Å². The normalized spacial score (nSPS) is 11.8. The molecule has 0 radical (unpaired) electrons. The Hall–Kier alpha value is -8.59. The second-order valence-corrected chi connectivity index (χ2v) is 15.7. The number of guanidine groups is 3. The number of hydrogen-bond donors (Lipinski definition) is 18. The minimum Gasteiger partial charge on any atom is -0.480 e. The molecule has 3 aromatic rings. The number of nitrogens with one attached hydrogen (secondary N) is 9. The van der Waals surface area contributed by atoms with Crippen molar-refractivity contribution in [2.24, 2.45) is 24.2 Å². The third-order valence-electron chi connectivity index (χ3n) is 8.28. The number of aryl methyl sites for hydroxylation is 1. The highest BCUT2D eigenvalue weighted by Crippen LogP contribution is 2.27. The van der Waals surface area contributed by atoms with Crippen molar-refractivity contribution < 1.29 is 73.1 Å². The molecule has 4 rings (SSSR count). The number of amides is 4. The highest BCUT2D eigenvalue weighted by Gasteiger charge is 2.23. The lowest BCUT2D eigenvalue weighted by Crippen LogP contribution is -2.43. The van der Waals surface area contributed by atoms with E-state index in [0.29, 0.717) is 17.8 Å². The zero-order valence-electron chi connectivity index (χ0n) is 40.3. The van der Waals surface area contributed by atoms with Crippen LogP contribution in [0.2, 0.25) is 0 Å². The fourth-order valence-corrected chi connectivity index (χ4v) is 5.04. The third kappa shape index (κ3) is 32.8. The molecule has 73 heavy (non-hydrogen) atoms. The van der Waals surface area contributed by atoms with E-state index in [9.17, 15) is 42.9 Å². The van der Waals surface area contributed by atoms with Crippen molar-refractivity contribution in [1.29, 1.82) is 16.2 Å². The number of hydrogen-bond acceptors (Lipinski definition) is 17. The summed E-state index contributed by atoms with van der Waals surface area (Å²) in [7, 11) is 3.19. The number of aromatic amines is 1. The van der Waals surface area contributed by atoms with Gasteiger partial charge in [0.05, 0.1) is 24.8 Å². The van der Waals surface area contributed by atoms with Crippen LogP contribution in [-0.2, 0) is 58.0 Å². The number of aliphatic carboxylic acids is 4. The number of likely N-dealkylation sites (N-methyl/N-ethyl adjacent to an activating group) is 3. The number of H-pyrrole nitrogens is 1. The quantitative estimate of drug-likeness (QED) is 0.0321. The molecule has 1 aliphatic rings. The number of rotatable bonds is 18. The highest BCUT2D eigenvalue weighted by molar-refractivity contribution is 7.50. The van der Waals surface area contributed by atoms with E-state index in [1.165, 1.54) is 37.9 Å². The van der Waals surface area contributed by atoms with E-state index in [1.54, 1.807) is 61.5 Å². The summed E-state index contributed by atoms with van der Waals surface area (Å²) >= 11 is 0. The average Bonchev–Trinajstić information content (AvgIpc) is 4.04. The minimum atomic E-state index is -4.53. The maximum Gasteiger partial charge on any atom is 0.429 e. The van der Waals surface area contributed by atoms with Crippen molar-refractivity contribution in [1.82, 2.24) is 65.6 Å². The van der Waals surface area contributed by atoms with Crippen LogP contribution in [0.15, 0.2) is 49.6 Å². The largest absolute Gasteiger partial charge is 0.480 e. The van der Waals surface area contributed by atoms with Gasteiger partial charge in [0.1, 0.15) is 25.2 Å². The topological polar surface area (TPSA) is 554 Å². The van der Waals surface area contributed by atoms with Crippen LogP contribution in [0.1, 0.15) is 34.6 Å². The fourth-order valence-electron chi connectivity index (χ4n) is 4.60. The van der Waals surface area contributed by atoms with Crippen molar-refractivity contribution in [2.45, 2.75) is 37.8 Å². The molecular formula is C38H64N19O15P. The molecule has 35 heteroatoms. The molecular weight excluding hydrogens is 994 g/mol. The second-order valence-electron chi connectivity index (χ2n) is 14.4. The van der Waals surface area contributed by atoms with Gasteiger partial charge < -0.3 is 87.6 Å².